The topological polar surface area (TPSA) is 79.4 Å². The predicted octanol–water partition coefficient (Wildman–Crippen LogP) is 3.27. The number of hydrogen-bond acceptors (Lipinski definition) is 4. The Hall–Kier alpha value is -2.77. The number of fused-ring (bicyclic) bond motifs is 1. The minimum absolute atomic E-state index is 0.00677. The van der Waals surface area contributed by atoms with Crippen molar-refractivity contribution in [1.29, 1.82) is 0 Å². The summed E-state index contributed by atoms with van der Waals surface area (Å²) in [6.45, 7) is 2.66. The van der Waals surface area contributed by atoms with Crippen LogP contribution >= 0.6 is 0 Å². The molecule has 1 N–H and O–H groups in total. The Balaban J connectivity index is 1.38. The molecule has 1 amide bonds. The molecule has 0 spiro atoms. The summed E-state index contributed by atoms with van der Waals surface area (Å²) in [4.78, 5) is 17.3. The number of aryl methyl sites for hydroxylation is 1. The molecular weight excluding hydrogens is 398 g/mol. The Kier molecular flexibility index (Phi) is 5.83. The number of aromatic nitrogens is 1. The van der Waals surface area contributed by atoms with Crippen molar-refractivity contribution < 1.29 is 13.2 Å². The van der Waals surface area contributed by atoms with Crippen molar-refractivity contribution >= 4 is 26.8 Å². The lowest BCUT2D eigenvalue weighted by molar-refractivity contribution is 0.0923. The standard InChI is InChI=1S/C23H25N3O3S/c1-17-21(15-19-9-5-6-10-22(19)24-17)23(27)25-20-11-13-26(14-12-20)30(28,29)16-18-7-3-2-4-8-18/h2-10,15,20H,11-14,16H2,1H3,(H,25,27). The molecule has 1 saturated heterocycles. The average molecular weight is 424 g/mol. The third kappa shape index (κ3) is 4.52. The summed E-state index contributed by atoms with van der Waals surface area (Å²) in [6, 6.07) is 18.7. The highest BCUT2D eigenvalue weighted by molar-refractivity contribution is 7.88. The lowest BCUT2D eigenvalue weighted by Gasteiger charge is -2.31. The molecule has 0 radical (unpaired) electrons. The molecule has 156 valence electrons. The van der Waals surface area contributed by atoms with Gasteiger partial charge in [0.1, 0.15) is 0 Å². The number of para-hydroxylation sites is 1. The fourth-order valence-electron chi connectivity index (χ4n) is 3.86. The molecule has 0 bridgehead atoms. The highest BCUT2D eigenvalue weighted by atomic mass is 32.2. The number of nitrogens with one attached hydrogen (secondary N) is 1. The van der Waals surface area contributed by atoms with Crippen LogP contribution in [-0.4, -0.2) is 42.7 Å². The largest absolute Gasteiger partial charge is 0.349 e. The van der Waals surface area contributed by atoms with Crippen molar-refractivity contribution in [3.8, 4) is 0 Å². The Morgan fingerprint density at radius 1 is 1.07 bits per heavy atom. The summed E-state index contributed by atoms with van der Waals surface area (Å²) < 4.78 is 26.9. The number of pyridine rings is 1. The van der Waals surface area contributed by atoms with E-state index in [1.807, 2.05) is 67.6 Å². The lowest BCUT2D eigenvalue weighted by atomic mass is 10.0. The number of piperidine rings is 1. The molecule has 1 aliphatic heterocycles. The maximum Gasteiger partial charge on any atom is 0.253 e. The molecule has 2 heterocycles. The van der Waals surface area contributed by atoms with Crippen LogP contribution in [0.25, 0.3) is 10.9 Å². The van der Waals surface area contributed by atoms with Crippen LogP contribution in [0.5, 0.6) is 0 Å². The zero-order valence-corrected chi connectivity index (χ0v) is 17.7. The molecule has 0 aliphatic carbocycles. The molecule has 0 saturated carbocycles. The van der Waals surface area contributed by atoms with E-state index in [0.29, 0.717) is 37.2 Å². The molecule has 4 rings (SSSR count). The number of carbonyl (C=O) groups is 1. The van der Waals surface area contributed by atoms with Gasteiger partial charge in [0.05, 0.1) is 22.5 Å². The van der Waals surface area contributed by atoms with E-state index in [1.165, 1.54) is 4.31 Å². The summed E-state index contributed by atoms with van der Waals surface area (Å²) in [5.74, 6) is -0.149. The Bertz CT molecular complexity index is 1150. The number of sulfonamides is 1. The van der Waals surface area contributed by atoms with E-state index in [0.717, 1.165) is 16.5 Å². The number of nitrogens with zero attached hydrogens (tertiary/aromatic N) is 2. The van der Waals surface area contributed by atoms with E-state index in [2.05, 4.69) is 10.3 Å². The molecular formula is C23H25N3O3S. The van der Waals surface area contributed by atoms with Gasteiger partial charge < -0.3 is 5.32 Å². The van der Waals surface area contributed by atoms with E-state index in [1.54, 1.807) is 0 Å². The summed E-state index contributed by atoms with van der Waals surface area (Å²) >= 11 is 0. The van der Waals surface area contributed by atoms with Crippen molar-refractivity contribution in [2.24, 2.45) is 0 Å². The van der Waals surface area contributed by atoms with Crippen molar-refractivity contribution in [3.05, 3.63) is 77.5 Å². The highest BCUT2D eigenvalue weighted by Crippen LogP contribution is 2.20. The summed E-state index contributed by atoms with van der Waals surface area (Å²) in [7, 11) is -3.36. The monoisotopic (exact) mass is 423 g/mol. The summed E-state index contributed by atoms with van der Waals surface area (Å²) in [5, 5.41) is 3.99. The van der Waals surface area contributed by atoms with Crippen molar-refractivity contribution in [3.63, 3.8) is 0 Å². The average Bonchev–Trinajstić information content (AvgIpc) is 2.74. The van der Waals surface area contributed by atoms with Gasteiger partial charge in [-0.1, -0.05) is 48.5 Å². The van der Waals surface area contributed by atoms with E-state index in [4.69, 9.17) is 0 Å². The van der Waals surface area contributed by atoms with Crippen LogP contribution in [0.1, 0.15) is 34.5 Å². The van der Waals surface area contributed by atoms with E-state index in [9.17, 15) is 13.2 Å². The number of benzene rings is 2. The second-order valence-electron chi connectivity index (χ2n) is 7.70. The molecule has 1 aliphatic rings. The molecule has 0 unspecified atom stereocenters. The van der Waals surface area contributed by atoms with Crippen molar-refractivity contribution in [2.45, 2.75) is 31.6 Å². The minimum atomic E-state index is -3.36. The predicted molar refractivity (Wildman–Crippen MR) is 118 cm³/mol. The van der Waals surface area contributed by atoms with Gasteiger partial charge in [-0.15, -0.1) is 0 Å². The van der Waals surface area contributed by atoms with Gasteiger partial charge in [-0.05, 0) is 37.5 Å². The van der Waals surface area contributed by atoms with Gasteiger partial charge in [0.15, 0.2) is 0 Å². The van der Waals surface area contributed by atoms with Gasteiger partial charge >= 0.3 is 0 Å². The Labute approximate surface area is 177 Å². The molecule has 30 heavy (non-hydrogen) atoms. The summed E-state index contributed by atoms with van der Waals surface area (Å²) in [5.41, 5.74) is 2.90. The molecule has 7 heteroatoms. The fraction of sp³-hybridized carbons (Fsp3) is 0.304. The molecule has 1 aromatic heterocycles. The molecule has 0 atom stereocenters. The third-order valence-corrected chi connectivity index (χ3v) is 7.38. The second kappa shape index (κ2) is 8.53. The lowest BCUT2D eigenvalue weighted by Crippen LogP contribution is -2.46. The van der Waals surface area contributed by atoms with Crippen LogP contribution in [-0.2, 0) is 15.8 Å². The molecule has 3 aromatic rings. The molecule has 1 fully saturated rings. The maximum absolute atomic E-state index is 12.8. The zero-order valence-electron chi connectivity index (χ0n) is 16.9. The number of amides is 1. The zero-order chi connectivity index (χ0) is 21.1. The first kappa shape index (κ1) is 20.5. The van der Waals surface area contributed by atoms with Gasteiger partial charge in [-0.3, -0.25) is 9.78 Å². The second-order valence-corrected chi connectivity index (χ2v) is 9.67. The van der Waals surface area contributed by atoms with Crippen LogP contribution in [0, 0.1) is 6.92 Å². The van der Waals surface area contributed by atoms with E-state index < -0.39 is 10.0 Å². The summed E-state index contributed by atoms with van der Waals surface area (Å²) in [6.07, 6.45) is 1.19. The van der Waals surface area contributed by atoms with E-state index >= 15 is 0 Å². The number of carbonyl (C=O) groups excluding carboxylic acids is 1. The maximum atomic E-state index is 12.8. The van der Waals surface area contributed by atoms with Gasteiger partial charge in [-0.25, -0.2) is 12.7 Å². The minimum Gasteiger partial charge on any atom is -0.349 e. The fourth-order valence-corrected chi connectivity index (χ4v) is 5.42. The van der Waals surface area contributed by atoms with Crippen LogP contribution < -0.4 is 5.32 Å². The Morgan fingerprint density at radius 2 is 1.73 bits per heavy atom. The van der Waals surface area contributed by atoms with Gasteiger partial charge in [0.2, 0.25) is 10.0 Å². The number of hydrogen-bond donors (Lipinski definition) is 1. The van der Waals surface area contributed by atoms with Crippen LogP contribution in [0.4, 0.5) is 0 Å². The van der Waals surface area contributed by atoms with Gasteiger partial charge in [0, 0.05) is 24.5 Å². The quantitative estimate of drug-likeness (QED) is 0.683. The first-order chi connectivity index (χ1) is 14.4. The van der Waals surface area contributed by atoms with Crippen LogP contribution in [0.15, 0.2) is 60.7 Å². The van der Waals surface area contributed by atoms with Gasteiger partial charge in [0.25, 0.3) is 5.91 Å². The molecule has 2 aromatic carbocycles. The van der Waals surface area contributed by atoms with Crippen LogP contribution in [0.2, 0.25) is 0 Å². The highest BCUT2D eigenvalue weighted by Gasteiger charge is 2.29. The van der Waals surface area contributed by atoms with E-state index in [-0.39, 0.29) is 17.7 Å². The van der Waals surface area contributed by atoms with Crippen LogP contribution in [0.3, 0.4) is 0 Å². The SMILES string of the molecule is Cc1nc2ccccc2cc1C(=O)NC1CCN(S(=O)(=O)Cc2ccccc2)CC1. The Morgan fingerprint density at radius 3 is 2.47 bits per heavy atom. The normalized spacial score (nSPS) is 15.9. The van der Waals surface area contributed by atoms with Gasteiger partial charge in [-0.2, -0.15) is 0 Å². The first-order valence-electron chi connectivity index (χ1n) is 10.1. The smallest absolute Gasteiger partial charge is 0.253 e. The van der Waals surface area contributed by atoms with Crippen molar-refractivity contribution in [2.75, 3.05) is 13.1 Å². The first-order valence-corrected chi connectivity index (χ1v) is 11.7. The third-order valence-electron chi connectivity index (χ3n) is 5.53. The van der Waals surface area contributed by atoms with Crippen molar-refractivity contribution in [1.82, 2.24) is 14.6 Å². The number of rotatable bonds is 5. The molecule has 6 nitrogen and oxygen atoms in total.